The number of methoxy groups -OCH3 is 1. The van der Waals surface area contributed by atoms with Crippen LogP contribution in [-0.2, 0) is 4.74 Å². The number of hydrogen-bond acceptors (Lipinski definition) is 3. The lowest BCUT2D eigenvalue weighted by Gasteiger charge is -2.08. The standard InChI is InChI=1S/C14H18FNO2/c1-17-9-2-3-10-18-14-11-13(15)7-6-12(14)5-4-8-16/h6-7,11H,2-3,8-10,16H2,1H3. The highest BCUT2D eigenvalue weighted by molar-refractivity contribution is 5.46. The van der Waals surface area contributed by atoms with Crippen molar-refractivity contribution < 1.29 is 13.9 Å². The van der Waals surface area contributed by atoms with Crippen LogP contribution in [0.25, 0.3) is 0 Å². The van der Waals surface area contributed by atoms with Gasteiger partial charge in [-0.15, -0.1) is 0 Å². The predicted molar refractivity (Wildman–Crippen MR) is 68.9 cm³/mol. The molecule has 0 heterocycles. The summed E-state index contributed by atoms with van der Waals surface area (Å²) in [5.74, 6) is 5.72. The lowest BCUT2D eigenvalue weighted by atomic mass is 10.2. The van der Waals surface area contributed by atoms with E-state index in [2.05, 4.69) is 11.8 Å². The number of hydrogen-bond donors (Lipinski definition) is 1. The molecule has 0 saturated carbocycles. The molecule has 2 N–H and O–H groups in total. The Morgan fingerprint density at radius 3 is 2.78 bits per heavy atom. The summed E-state index contributed by atoms with van der Waals surface area (Å²) in [6.07, 6.45) is 1.77. The summed E-state index contributed by atoms with van der Waals surface area (Å²) < 4.78 is 23.6. The molecule has 0 aliphatic carbocycles. The van der Waals surface area contributed by atoms with Crippen LogP contribution in [-0.4, -0.2) is 26.9 Å². The second-order valence-corrected chi connectivity index (χ2v) is 3.69. The zero-order chi connectivity index (χ0) is 13.2. The van der Waals surface area contributed by atoms with Gasteiger partial charge in [0.15, 0.2) is 0 Å². The molecule has 0 bridgehead atoms. The Bertz CT molecular complexity index is 424. The summed E-state index contributed by atoms with van der Waals surface area (Å²) >= 11 is 0. The van der Waals surface area contributed by atoms with Gasteiger partial charge in [-0.2, -0.15) is 0 Å². The van der Waals surface area contributed by atoms with Crippen molar-refractivity contribution in [2.75, 3.05) is 26.9 Å². The number of halogens is 1. The van der Waals surface area contributed by atoms with Gasteiger partial charge in [-0.3, -0.25) is 0 Å². The topological polar surface area (TPSA) is 44.5 Å². The molecule has 1 aromatic rings. The molecule has 0 amide bonds. The molecule has 0 saturated heterocycles. The number of unbranched alkanes of at least 4 members (excludes halogenated alkanes) is 1. The minimum absolute atomic E-state index is 0.269. The van der Waals surface area contributed by atoms with E-state index < -0.39 is 0 Å². The van der Waals surface area contributed by atoms with E-state index in [0.29, 0.717) is 24.5 Å². The fourth-order valence-electron chi connectivity index (χ4n) is 1.40. The van der Waals surface area contributed by atoms with Gasteiger partial charge in [0.1, 0.15) is 11.6 Å². The van der Waals surface area contributed by atoms with Crippen LogP contribution in [0, 0.1) is 17.7 Å². The highest BCUT2D eigenvalue weighted by atomic mass is 19.1. The van der Waals surface area contributed by atoms with Gasteiger partial charge in [0.2, 0.25) is 0 Å². The van der Waals surface area contributed by atoms with Gasteiger partial charge in [0.25, 0.3) is 0 Å². The van der Waals surface area contributed by atoms with E-state index in [1.165, 1.54) is 12.1 Å². The Hall–Kier alpha value is -1.57. The summed E-state index contributed by atoms with van der Waals surface area (Å²) in [5.41, 5.74) is 5.97. The first-order valence-electron chi connectivity index (χ1n) is 5.88. The van der Waals surface area contributed by atoms with Crippen molar-refractivity contribution in [2.45, 2.75) is 12.8 Å². The van der Waals surface area contributed by atoms with E-state index in [4.69, 9.17) is 15.2 Å². The minimum Gasteiger partial charge on any atom is -0.492 e. The normalized spacial score (nSPS) is 9.72. The molecular weight excluding hydrogens is 233 g/mol. The third-order valence-corrected chi connectivity index (χ3v) is 2.27. The molecule has 4 heteroatoms. The van der Waals surface area contributed by atoms with Gasteiger partial charge < -0.3 is 15.2 Å². The molecule has 3 nitrogen and oxygen atoms in total. The average molecular weight is 251 g/mol. The van der Waals surface area contributed by atoms with E-state index >= 15 is 0 Å². The maximum atomic E-state index is 13.1. The smallest absolute Gasteiger partial charge is 0.137 e. The lowest BCUT2D eigenvalue weighted by molar-refractivity contribution is 0.184. The van der Waals surface area contributed by atoms with Gasteiger partial charge in [-0.25, -0.2) is 4.39 Å². The van der Waals surface area contributed by atoms with Gasteiger partial charge in [0, 0.05) is 19.8 Å². The van der Waals surface area contributed by atoms with E-state index in [1.807, 2.05) is 0 Å². The Morgan fingerprint density at radius 1 is 1.28 bits per heavy atom. The van der Waals surface area contributed by atoms with Crippen molar-refractivity contribution >= 4 is 0 Å². The third-order valence-electron chi connectivity index (χ3n) is 2.27. The van der Waals surface area contributed by atoms with Crippen molar-refractivity contribution in [3.8, 4) is 17.6 Å². The summed E-state index contributed by atoms with van der Waals surface area (Å²) in [5, 5.41) is 0. The quantitative estimate of drug-likeness (QED) is 0.620. The second-order valence-electron chi connectivity index (χ2n) is 3.69. The van der Waals surface area contributed by atoms with Crippen molar-refractivity contribution in [3.63, 3.8) is 0 Å². The van der Waals surface area contributed by atoms with Crippen LogP contribution in [0.1, 0.15) is 18.4 Å². The number of nitrogens with two attached hydrogens (primary N) is 1. The van der Waals surface area contributed by atoms with Crippen LogP contribution in [0.5, 0.6) is 5.75 Å². The van der Waals surface area contributed by atoms with E-state index in [0.717, 1.165) is 12.8 Å². The molecule has 0 atom stereocenters. The molecule has 0 unspecified atom stereocenters. The zero-order valence-electron chi connectivity index (χ0n) is 10.5. The Kier molecular flexibility index (Phi) is 6.85. The van der Waals surface area contributed by atoms with Crippen molar-refractivity contribution in [1.82, 2.24) is 0 Å². The first kappa shape index (κ1) is 14.5. The molecule has 0 aromatic heterocycles. The highest BCUT2D eigenvalue weighted by Gasteiger charge is 2.03. The Balaban J connectivity index is 2.59. The second kappa shape index (κ2) is 8.51. The number of ether oxygens (including phenoxy) is 2. The summed E-state index contributed by atoms with van der Waals surface area (Å²) in [6.45, 7) is 1.49. The van der Waals surface area contributed by atoms with Gasteiger partial charge in [0.05, 0.1) is 18.7 Å². The zero-order valence-corrected chi connectivity index (χ0v) is 10.5. The van der Waals surface area contributed by atoms with Crippen molar-refractivity contribution in [2.24, 2.45) is 5.73 Å². The average Bonchev–Trinajstić information content (AvgIpc) is 2.37. The molecule has 18 heavy (non-hydrogen) atoms. The van der Waals surface area contributed by atoms with Crippen LogP contribution >= 0.6 is 0 Å². The van der Waals surface area contributed by atoms with Gasteiger partial charge in [-0.1, -0.05) is 11.8 Å². The first-order chi connectivity index (χ1) is 8.77. The maximum Gasteiger partial charge on any atom is 0.137 e. The SMILES string of the molecule is COCCCCOc1cc(F)ccc1C#CCN. The largest absolute Gasteiger partial charge is 0.492 e. The van der Waals surface area contributed by atoms with Gasteiger partial charge >= 0.3 is 0 Å². The molecule has 98 valence electrons. The molecule has 1 aromatic carbocycles. The molecule has 0 aliphatic rings. The van der Waals surface area contributed by atoms with Crippen LogP contribution < -0.4 is 10.5 Å². The molecule has 0 spiro atoms. The third kappa shape index (κ3) is 5.17. The molecule has 0 radical (unpaired) electrons. The van der Waals surface area contributed by atoms with Crippen LogP contribution in [0.2, 0.25) is 0 Å². The lowest BCUT2D eigenvalue weighted by Crippen LogP contribution is -2.01. The fraction of sp³-hybridized carbons (Fsp3) is 0.429. The fourth-order valence-corrected chi connectivity index (χ4v) is 1.40. The van der Waals surface area contributed by atoms with Crippen molar-refractivity contribution in [3.05, 3.63) is 29.6 Å². The maximum absolute atomic E-state index is 13.1. The minimum atomic E-state index is -0.333. The summed E-state index contributed by atoms with van der Waals surface area (Å²) in [6, 6.07) is 4.30. The van der Waals surface area contributed by atoms with E-state index in [1.54, 1.807) is 13.2 Å². The highest BCUT2D eigenvalue weighted by Crippen LogP contribution is 2.19. The Morgan fingerprint density at radius 2 is 2.06 bits per heavy atom. The predicted octanol–water partition coefficient (Wildman–Crippen LogP) is 1.94. The summed E-state index contributed by atoms with van der Waals surface area (Å²) in [7, 11) is 1.66. The summed E-state index contributed by atoms with van der Waals surface area (Å²) in [4.78, 5) is 0. The van der Waals surface area contributed by atoms with E-state index in [9.17, 15) is 4.39 Å². The number of benzene rings is 1. The Labute approximate surface area is 107 Å². The van der Waals surface area contributed by atoms with Crippen LogP contribution in [0.15, 0.2) is 18.2 Å². The van der Waals surface area contributed by atoms with Gasteiger partial charge in [-0.05, 0) is 25.0 Å². The van der Waals surface area contributed by atoms with Crippen molar-refractivity contribution in [1.29, 1.82) is 0 Å². The molecule has 1 rings (SSSR count). The first-order valence-corrected chi connectivity index (χ1v) is 5.88. The van der Waals surface area contributed by atoms with Crippen LogP contribution in [0.3, 0.4) is 0 Å². The monoisotopic (exact) mass is 251 g/mol. The van der Waals surface area contributed by atoms with E-state index in [-0.39, 0.29) is 12.4 Å². The molecule has 0 fully saturated rings. The number of rotatable bonds is 6. The van der Waals surface area contributed by atoms with Crippen LogP contribution in [0.4, 0.5) is 4.39 Å². The molecular formula is C14H18FNO2. The molecule has 0 aliphatic heterocycles.